The van der Waals surface area contributed by atoms with Gasteiger partial charge in [-0.25, -0.2) is 0 Å². The first-order valence-corrected chi connectivity index (χ1v) is 8.50. The molecule has 1 aliphatic carbocycles. The van der Waals surface area contributed by atoms with Crippen LogP contribution in [0.4, 0.5) is 0 Å². The minimum absolute atomic E-state index is 0.0826. The van der Waals surface area contributed by atoms with Gasteiger partial charge in [0.2, 0.25) is 5.91 Å². The quantitative estimate of drug-likeness (QED) is 0.846. The predicted octanol–water partition coefficient (Wildman–Crippen LogP) is 3.06. The van der Waals surface area contributed by atoms with Crippen LogP contribution in [-0.2, 0) is 10.2 Å². The van der Waals surface area contributed by atoms with Crippen LogP contribution in [0.15, 0.2) is 17.5 Å². The molecule has 1 heterocycles. The molecule has 1 saturated carbocycles. The molecule has 0 spiro atoms. The lowest BCUT2D eigenvalue weighted by molar-refractivity contribution is -0.121. The minimum atomic E-state index is 0.0826. The fourth-order valence-electron chi connectivity index (χ4n) is 2.76. The van der Waals surface area contributed by atoms with Crippen LogP contribution in [0.5, 0.6) is 0 Å². The van der Waals surface area contributed by atoms with E-state index in [1.54, 1.807) is 11.3 Å². The molecular formula is C16H26N2OS. The van der Waals surface area contributed by atoms with Crippen LogP contribution in [-0.4, -0.2) is 25.0 Å². The molecule has 112 valence electrons. The molecule has 4 heteroatoms. The fourth-order valence-corrected chi connectivity index (χ4v) is 3.62. The summed E-state index contributed by atoms with van der Waals surface area (Å²) in [6, 6.07) is 4.65. The normalized spacial score (nSPS) is 17.1. The minimum Gasteiger partial charge on any atom is -0.352 e. The third-order valence-electron chi connectivity index (χ3n) is 4.01. The zero-order valence-corrected chi connectivity index (χ0v) is 13.4. The summed E-state index contributed by atoms with van der Waals surface area (Å²) in [7, 11) is 0. The fraction of sp³-hybridized carbons (Fsp3) is 0.688. The van der Waals surface area contributed by atoms with Crippen LogP contribution in [0.2, 0.25) is 0 Å². The maximum atomic E-state index is 11.9. The third-order valence-corrected chi connectivity index (χ3v) is 5.25. The highest BCUT2D eigenvalue weighted by Gasteiger charge is 2.22. The summed E-state index contributed by atoms with van der Waals surface area (Å²) in [5, 5.41) is 8.54. The Morgan fingerprint density at radius 3 is 2.75 bits per heavy atom. The van der Waals surface area contributed by atoms with Crippen molar-refractivity contribution in [3.63, 3.8) is 0 Å². The summed E-state index contributed by atoms with van der Waals surface area (Å²) in [4.78, 5) is 13.3. The van der Waals surface area contributed by atoms with Gasteiger partial charge >= 0.3 is 0 Å². The number of carbonyl (C=O) groups is 1. The Morgan fingerprint density at radius 1 is 1.35 bits per heavy atom. The van der Waals surface area contributed by atoms with Gasteiger partial charge in [-0.2, -0.15) is 0 Å². The van der Waals surface area contributed by atoms with E-state index in [1.165, 1.54) is 24.1 Å². The van der Waals surface area contributed by atoms with Crippen LogP contribution < -0.4 is 10.6 Å². The van der Waals surface area contributed by atoms with E-state index in [2.05, 4.69) is 42.0 Å². The molecule has 0 aromatic carbocycles. The van der Waals surface area contributed by atoms with E-state index in [9.17, 15) is 4.79 Å². The zero-order chi connectivity index (χ0) is 14.4. The van der Waals surface area contributed by atoms with Crippen LogP contribution in [0.25, 0.3) is 0 Å². The maximum Gasteiger partial charge on any atom is 0.234 e. The molecule has 20 heavy (non-hydrogen) atoms. The molecule has 3 nitrogen and oxygen atoms in total. The first kappa shape index (κ1) is 15.5. The summed E-state index contributed by atoms with van der Waals surface area (Å²) >= 11 is 1.78. The van der Waals surface area contributed by atoms with Gasteiger partial charge in [0.25, 0.3) is 0 Å². The topological polar surface area (TPSA) is 41.1 Å². The number of amides is 1. The summed E-state index contributed by atoms with van der Waals surface area (Å²) in [5.74, 6) is 0.138. The molecule has 0 unspecified atom stereocenters. The van der Waals surface area contributed by atoms with Gasteiger partial charge in [-0.05, 0) is 24.3 Å². The molecule has 1 aliphatic rings. The molecule has 0 atom stereocenters. The first-order chi connectivity index (χ1) is 9.58. The number of carbonyl (C=O) groups excluding carboxylic acids is 1. The second-order valence-corrected chi connectivity index (χ2v) is 7.31. The number of hydrogen-bond acceptors (Lipinski definition) is 3. The molecule has 0 aliphatic heterocycles. The molecule has 1 fully saturated rings. The Hall–Kier alpha value is -0.870. The molecule has 1 aromatic heterocycles. The standard InChI is InChI=1S/C16H26N2OS/c1-16(2,14-9-6-10-20-14)12-17-11-15(19)18-13-7-4-3-5-8-13/h6,9-10,13,17H,3-5,7-8,11-12H2,1-2H3,(H,18,19). The highest BCUT2D eigenvalue weighted by Crippen LogP contribution is 2.26. The summed E-state index contributed by atoms with van der Waals surface area (Å²) in [5.41, 5.74) is 0.0826. The van der Waals surface area contributed by atoms with Crippen molar-refractivity contribution < 1.29 is 4.79 Å². The van der Waals surface area contributed by atoms with Crippen LogP contribution >= 0.6 is 11.3 Å². The van der Waals surface area contributed by atoms with Gasteiger partial charge in [0.1, 0.15) is 0 Å². The van der Waals surface area contributed by atoms with Crippen molar-refractivity contribution in [2.75, 3.05) is 13.1 Å². The molecular weight excluding hydrogens is 268 g/mol. The van der Waals surface area contributed by atoms with E-state index >= 15 is 0 Å². The molecule has 2 rings (SSSR count). The van der Waals surface area contributed by atoms with E-state index in [0.29, 0.717) is 12.6 Å². The predicted molar refractivity (Wildman–Crippen MR) is 85.2 cm³/mol. The second-order valence-electron chi connectivity index (χ2n) is 6.37. The van der Waals surface area contributed by atoms with Gasteiger partial charge in [-0.15, -0.1) is 11.3 Å². The Labute approximate surface area is 126 Å². The monoisotopic (exact) mass is 294 g/mol. The number of thiophene rings is 1. The second kappa shape index (κ2) is 7.23. The number of nitrogens with one attached hydrogen (secondary N) is 2. The van der Waals surface area contributed by atoms with E-state index in [1.807, 2.05) is 0 Å². The molecule has 0 bridgehead atoms. The smallest absolute Gasteiger partial charge is 0.234 e. The van der Waals surface area contributed by atoms with Crippen molar-refractivity contribution in [3.8, 4) is 0 Å². The lowest BCUT2D eigenvalue weighted by Crippen LogP contribution is -2.43. The molecule has 1 aromatic rings. The Balaban J connectivity index is 1.68. The van der Waals surface area contributed by atoms with Crippen molar-refractivity contribution in [3.05, 3.63) is 22.4 Å². The van der Waals surface area contributed by atoms with Gasteiger partial charge in [-0.3, -0.25) is 4.79 Å². The molecule has 0 saturated heterocycles. The van der Waals surface area contributed by atoms with Crippen LogP contribution in [0.1, 0.15) is 50.8 Å². The summed E-state index contributed by atoms with van der Waals surface area (Å²) in [6.07, 6.45) is 6.12. The highest BCUT2D eigenvalue weighted by molar-refractivity contribution is 7.10. The lowest BCUT2D eigenvalue weighted by atomic mass is 9.91. The van der Waals surface area contributed by atoms with Crippen LogP contribution in [0.3, 0.4) is 0 Å². The van der Waals surface area contributed by atoms with Crippen molar-refractivity contribution in [2.24, 2.45) is 0 Å². The van der Waals surface area contributed by atoms with Gasteiger partial charge < -0.3 is 10.6 Å². The van der Waals surface area contributed by atoms with E-state index in [4.69, 9.17) is 0 Å². The Morgan fingerprint density at radius 2 is 2.10 bits per heavy atom. The summed E-state index contributed by atoms with van der Waals surface area (Å²) < 4.78 is 0. The Bertz CT molecular complexity index is 408. The zero-order valence-electron chi connectivity index (χ0n) is 12.6. The number of rotatable bonds is 6. The Kier molecular flexibility index (Phi) is 5.61. The van der Waals surface area contributed by atoms with Crippen molar-refractivity contribution >= 4 is 17.2 Å². The summed E-state index contributed by atoms with van der Waals surface area (Å²) in [6.45, 7) is 5.67. The SMILES string of the molecule is CC(C)(CNCC(=O)NC1CCCCC1)c1cccs1. The maximum absolute atomic E-state index is 11.9. The van der Waals surface area contributed by atoms with E-state index in [-0.39, 0.29) is 11.3 Å². The largest absolute Gasteiger partial charge is 0.352 e. The van der Waals surface area contributed by atoms with Gasteiger partial charge in [-0.1, -0.05) is 39.2 Å². The van der Waals surface area contributed by atoms with Crippen molar-refractivity contribution in [1.29, 1.82) is 0 Å². The van der Waals surface area contributed by atoms with E-state index < -0.39 is 0 Å². The molecule has 2 N–H and O–H groups in total. The van der Waals surface area contributed by atoms with E-state index in [0.717, 1.165) is 19.4 Å². The first-order valence-electron chi connectivity index (χ1n) is 7.62. The van der Waals surface area contributed by atoms with Crippen molar-refractivity contribution in [2.45, 2.75) is 57.4 Å². The average molecular weight is 294 g/mol. The molecule has 0 radical (unpaired) electrons. The lowest BCUT2D eigenvalue weighted by Gasteiger charge is -2.25. The van der Waals surface area contributed by atoms with Crippen molar-refractivity contribution in [1.82, 2.24) is 10.6 Å². The molecule has 1 amide bonds. The average Bonchev–Trinajstić information content (AvgIpc) is 2.94. The highest BCUT2D eigenvalue weighted by atomic mass is 32.1. The third kappa shape index (κ3) is 4.60. The van der Waals surface area contributed by atoms with Gasteiger partial charge in [0, 0.05) is 22.9 Å². The number of hydrogen-bond donors (Lipinski definition) is 2. The van der Waals surface area contributed by atoms with Gasteiger partial charge in [0.15, 0.2) is 0 Å². The van der Waals surface area contributed by atoms with Crippen LogP contribution in [0, 0.1) is 0 Å². The van der Waals surface area contributed by atoms with Gasteiger partial charge in [0.05, 0.1) is 6.54 Å².